The van der Waals surface area contributed by atoms with Gasteiger partial charge in [0.2, 0.25) is 5.91 Å². The highest BCUT2D eigenvalue weighted by Gasteiger charge is 2.18. The number of carbonyl (C=O) groups is 2. The number of unbranched alkanes of at least 4 members (excludes halogenated alkanes) is 1. The second-order valence-electron chi connectivity index (χ2n) is 4.24. The first-order chi connectivity index (χ1) is 8.61. The normalized spacial score (nSPS) is 11.3. The highest BCUT2D eigenvalue weighted by Crippen LogP contribution is 2.00. The van der Waals surface area contributed by atoms with Crippen LogP contribution in [-0.2, 0) is 4.79 Å². The zero-order valence-electron chi connectivity index (χ0n) is 11.8. The minimum Gasteiger partial charge on any atom is -0.353 e. The van der Waals surface area contributed by atoms with Crippen molar-refractivity contribution in [2.75, 3.05) is 19.6 Å². The molecule has 0 fully saturated rings. The van der Waals surface area contributed by atoms with Crippen LogP contribution >= 0.6 is 12.4 Å². The van der Waals surface area contributed by atoms with Gasteiger partial charge in [0, 0.05) is 13.1 Å². The van der Waals surface area contributed by atoms with E-state index in [-0.39, 0.29) is 18.3 Å². The Kier molecular flexibility index (Phi) is 14.3. The molecular formula is C12H27ClN4O2. The predicted molar refractivity (Wildman–Crippen MR) is 79.5 cm³/mol. The summed E-state index contributed by atoms with van der Waals surface area (Å²) in [4.78, 5) is 22.6. The number of primary amides is 1. The smallest absolute Gasteiger partial charge is 0.312 e. The number of urea groups is 1. The van der Waals surface area contributed by atoms with Crippen LogP contribution in [0.25, 0.3) is 0 Å². The molecule has 1 unspecified atom stereocenters. The molecule has 0 bridgehead atoms. The van der Waals surface area contributed by atoms with Crippen LogP contribution in [0.3, 0.4) is 0 Å². The van der Waals surface area contributed by atoms with Crippen LogP contribution in [-0.4, -0.2) is 37.6 Å². The van der Waals surface area contributed by atoms with Gasteiger partial charge >= 0.3 is 6.03 Å². The van der Waals surface area contributed by atoms with Gasteiger partial charge in [-0.25, -0.2) is 4.79 Å². The van der Waals surface area contributed by atoms with Gasteiger partial charge in [-0.15, -0.1) is 12.4 Å². The molecule has 0 aliphatic rings. The van der Waals surface area contributed by atoms with E-state index in [0.29, 0.717) is 13.0 Å². The maximum atomic E-state index is 11.8. The fraction of sp³-hybridized carbons (Fsp3) is 0.833. The number of hydrogen-bond donors (Lipinski definition) is 4. The Morgan fingerprint density at radius 3 is 2.32 bits per heavy atom. The Morgan fingerprint density at radius 2 is 1.79 bits per heavy atom. The van der Waals surface area contributed by atoms with E-state index in [2.05, 4.69) is 22.9 Å². The zero-order valence-corrected chi connectivity index (χ0v) is 12.6. The van der Waals surface area contributed by atoms with E-state index in [1.165, 1.54) is 0 Å². The molecule has 5 N–H and O–H groups in total. The highest BCUT2D eigenvalue weighted by atomic mass is 35.5. The van der Waals surface area contributed by atoms with Crippen molar-refractivity contribution in [3.05, 3.63) is 0 Å². The SMILES string of the molecule is CCCCC(NC(N)=O)C(=O)NCCNCCC.Cl. The average molecular weight is 295 g/mol. The number of halogens is 1. The molecule has 7 heteroatoms. The number of nitrogens with two attached hydrogens (primary N) is 1. The number of amides is 3. The molecule has 0 aliphatic heterocycles. The van der Waals surface area contributed by atoms with Crippen LogP contribution in [0.15, 0.2) is 0 Å². The van der Waals surface area contributed by atoms with Crippen molar-refractivity contribution in [2.45, 2.75) is 45.6 Å². The second-order valence-corrected chi connectivity index (χ2v) is 4.24. The molecule has 0 saturated heterocycles. The lowest BCUT2D eigenvalue weighted by Crippen LogP contribution is -2.49. The number of rotatable bonds is 10. The lowest BCUT2D eigenvalue weighted by atomic mass is 10.1. The largest absolute Gasteiger partial charge is 0.353 e. The summed E-state index contributed by atoms with van der Waals surface area (Å²) in [7, 11) is 0. The van der Waals surface area contributed by atoms with Crippen molar-refractivity contribution in [2.24, 2.45) is 5.73 Å². The topological polar surface area (TPSA) is 96.2 Å². The molecule has 0 aliphatic carbocycles. The van der Waals surface area contributed by atoms with E-state index in [4.69, 9.17) is 5.73 Å². The summed E-state index contributed by atoms with van der Waals surface area (Å²) in [5, 5.41) is 8.44. The third-order valence-electron chi connectivity index (χ3n) is 2.51. The van der Waals surface area contributed by atoms with E-state index < -0.39 is 12.1 Å². The number of carbonyl (C=O) groups excluding carboxylic acids is 2. The Bertz CT molecular complexity index is 252. The van der Waals surface area contributed by atoms with Gasteiger partial charge in [-0.3, -0.25) is 4.79 Å². The fourth-order valence-electron chi connectivity index (χ4n) is 1.55. The molecule has 0 spiro atoms. The van der Waals surface area contributed by atoms with Crippen LogP contribution < -0.4 is 21.7 Å². The lowest BCUT2D eigenvalue weighted by molar-refractivity contribution is -0.123. The Labute approximate surface area is 121 Å². The zero-order chi connectivity index (χ0) is 13.8. The van der Waals surface area contributed by atoms with Gasteiger partial charge in [0.25, 0.3) is 0 Å². The average Bonchev–Trinajstić information content (AvgIpc) is 2.33. The van der Waals surface area contributed by atoms with Crippen molar-refractivity contribution in [1.82, 2.24) is 16.0 Å². The third-order valence-corrected chi connectivity index (χ3v) is 2.51. The second kappa shape index (κ2) is 13.4. The summed E-state index contributed by atoms with van der Waals surface area (Å²) < 4.78 is 0. The van der Waals surface area contributed by atoms with Crippen molar-refractivity contribution in [1.29, 1.82) is 0 Å². The molecule has 114 valence electrons. The first-order valence-electron chi connectivity index (χ1n) is 6.66. The van der Waals surface area contributed by atoms with Crippen molar-refractivity contribution in [3.8, 4) is 0 Å². The minimum atomic E-state index is -0.657. The summed E-state index contributed by atoms with van der Waals surface area (Å²) in [6.07, 6.45) is 3.54. The molecule has 0 radical (unpaired) electrons. The van der Waals surface area contributed by atoms with Gasteiger partial charge < -0.3 is 21.7 Å². The Morgan fingerprint density at radius 1 is 1.11 bits per heavy atom. The molecule has 6 nitrogen and oxygen atoms in total. The molecule has 0 aromatic carbocycles. The molecule has 1 atom stereocenters. The highest BCUT2D eigenvalue weighted by molar-refractivity contribution is 5.86. The van der Waals surface area contributed by atoms with Crippen LogP contribution in [0.1, 0.15) is 39.5 Å². The molecular weight excluding hydrogens is 268 g/mol. The van der Waals surface area contributed by atoms with E-state index in [1.807, 2.05) is 6.92 Å². The van der Waals surface area contributed by atoms with E-state index in [0.717, 1.165) is 32.4 Å². The van der Waals surface area contributed by atoms with Gasteiger partial charge in [0.1, 0.15) is 6.04 Å². The molecule has 3 amide bonds. The lowest BCUT2D eigenvalue weighted by Gasteiger charge is -2.17. The molecule has 0 heterocycles. The maximum Gasteiger partial charge on any atom is 0.312 e. The molecule has 0 rings (SSSR count). The summed E-state index contributed by atoms with van der Waals surface area (Å²) in [5.74, 6) is -0.166. The molecule has 0 aromatic heterocycles. The van der Waals surface area contributed by atoms with Gasteiger partial charge in [0.15, 0.2) is 0 Å². The maximum absolute atomic E-state index is 11.8. The molecule has 0 saturated carbocycles. The van der Waals surface area contributed by atoms with Crippen molar-refractivity contribution >= 4 is 24.3 Å². The number of hydrogen-bond acceptors (Lipinski definition) is 3. The standard InChI is InChI=1S/C12H26N4O2.ClH/c1-3-5-6-10(16-12(13)18)11(17)15-9-8-14-7-4-2;/h10,14H,3-9H2,1-2H3,(H,15,17)(H3,13,16,18);1H. The third kappa shape index (κ3) is 11.8. The van der Waals surface area contributed by atoms with Gasteiger partial charge in [0.05, 0.1) is 0 Å². The quantitative estimate of drug-likeness (QED) is 0.448. The van der Waals surface area contributed by atoms with Crippen molar-refractivity contribution in [3.63, 3.8) is 0 Å². The van der Waals surface area contributed by atoms with Crippen LogP contribution in [0.5, 0.6) is 0 Å². The van der Waals surface area contributed by atoms with Gasteiger partial charge in [-0.05, 0) is 19.4 Å². The van der Waals surface area contributed by atoms with Crippen molar-refractivity contribution < 1.29 is 9.59 Å². The summed E-state index contributed by atoms with van der Waals surface area (Å²) in [5.41, 5.74) is 5.05. The summed E-state index contributed by atoms with van der Waals surface area (Å²) >= 11 is 0. The van der Waals surface area contributed by atoms with E-state index >= 15 is 0 Å². The van der Waals surface area contributed by atoms with Gasteiger partial charge in [-0.2, -0.15) is 0 Å². The monoisotopic (exact) mass is 294 g/mol. The summed E-state index contributed by atoms with van der Waals surface area (Å²) in [6, 6.07) is -1.18. The van der Waals surface area contributed by atoms with Crippen LogP contribution in [0, 0.1) is 0 Å². The predicted octanol–water partition coefficient (Wildman–Crippen LogP) is 0.751. The number of nitrogens with one attached hydrogen (secondary N) is 3. The Balaban J connectivity index is 0. The molecule has 0 aromatic rings. The van der Waals surface area contributed by atoms with Crippen LogP contribution in [0.2, 0.25) is 0 Å². The van der Waals surface area contributed by atoms with Crippen LogP contribution in [0.4, 0.5) is 4.79 Å². The first-order valence-corrected chi connectivity index (χ1v) is 6.66. The van der Waals surface area contributed by atoms with E-state index in [1.54, 1.807) is 0 Å². The first kappa shape index (κ1) is 20.3. The minimum absolute atomic E-state index is 0. The Hall–Kier alpha value is -1.01. The van der Waals surface area contributed by atoms with Gasteiger partial charge in [-0.1, -0.05) is 26.7 Å². The summed E-state index contributed by atoms with van der Waals surface area (Å²) in [6.45, 7) is 6.35. The fourth-order valence-corrected chi connectivity index (χ4v) is 1.55. The molecule has 19 heavy (non-hydrogen) atoms. The van der Waals surface area contributed by atoms with E-state index in [9.17, 15) is 9.59 Å².